The Hall–Kier alpha value is -2.04. The predicted octanol–water partition coefficient (Wildman–Crippen LogP) is -1.13. The number of nitroso groups, excluding NO2 is 1. The summed E-state index contributed by atoms with van der Waals surface area (Å²) in [5.41, 5.74) is 7.92. The lowest BCUT2D eigenvalue weighted by Crippen LogP contribution is -2.46. The molecule has 5 heteroatoms. The summed E-state index contributed by atoms with van der Waals surface area (Å²) in [6, 6.07) is 7.66. The molecule has 0 saturated heterocycles. The van der Waals surface area contributed by atoms with E-state index in [2.05, 4.69) is 21.6 Å². The topological polar surface area (TPSA) is 65.5 Å². The largest absolute Gasteiger partial charge is 0.306 e. The van der Waals surface area contributed by atoms with Crippen LogP contribution in [-0.2, 0) is 0 Å². The van der Waals surface area contributed by atoms with Gasteiger partial charge in [0.2, 0.25) is 0 Å². The number of hydrogen-bond acceptors (Lipinski definition) is 4. The second kappa shape index (κ2) is 3.14. The molecule has 5 nitrogen and oxygen atoms in total. The average molecular weight is 176 g/mol. The molecule has 0 amide bonds. The van der Waals surface area contributed by atoms with Crippen molar-refractivity contribution in [3.63, 3.8) is 0 Å². The van der Waals surface area contributed by atoms with E-state index in [0.717, 1.165) is 10.4 Å². The minimum Gasteiger partial charge on any atom is -0.306 e. The molecule has 0 spiro atoms. The van der Waals surface area contributed by atoms with Gasteiger partial charge >= 0.3 is 0 Å². The number of nitrogens with zero attached hydrogens (tertiary/aromatic N) is 1. The highest BCUT2D eigenvalue weighted by molar-refractivity contribution is 5.45. The van der Waals surface area contributed by atoms with Crippen molar-refractivity contribution in [2.24, 2.45) is 5.29 Å². The van der Waals surface area contributed by atoms with Crippen LogP contribution in [0.1, 0.15) is 0 Å². The fourth-order valence-corrected chi connectivity index (χ4v) is 1.24. The monoisotopic (exact) mass is 176 g/mol. The number of hydrazine groups is 1. The Balaban J connectivity index is 2.68. The van der Waals surface area contributed by atoms with E-state index < -0.39 is 0 Å². The number of rotatable bonds is 2. The first-order valence-electron chi connectivity index (χ1n) is 3.81. The van der Waals surface area contributed by atoms with Gasteiger partial charge < -0.3 is 5.43 Å². The Morgan fingerprint density at radius 3 is 3.00 bits per heavy atom. The second-order valence-corrected chi connectivity index (χ2v) is 2.58. The zero-order valence-corrected chi connectivity index (χ0v) is 6.74. The van der Waals surface area contributed by atoms with E-state index in [9.17, 15) is 4.91 Å². The summed E-state index contributed by atoms with van der Waals surface area (Å²) in [5.74, 6) is 0.563. The Morgan fingerprint density at radius 2 is 2.15 bits per heavy atom. The lowest BCUT2D eigenvalue weighted by atomic mass is 10.2. The molecule has 2 rings (SSSR count). The fourth-order valence-electron chi connectivity index (χ4n) is 1.24. The molecule has 1 aliphatic rings. The van der Waals surface area contributed by atoms with E-state index in [-0.39, 0.29) is 0 Å². The Kier molecular flexibility index (Phi) is 1.84. The van der Waals surface area contributed by atoms with Crippen molar-refractivity contribution < 1.29 is 0 Å². The summed E-state index contributed by atoms with van der Waals surface area (Å²) in [5, 5.41) is 4.53. The minimum atomic E-state index is 0.563. The molecule has 0 radical (unpaired) electrons. The Bertz CT molecular complexity index is 440. The third-order valence-corrected chi connectivity index (χ3v) is 1.81. The molecule has 3 N–H and O–H groups in total. The highest BCUT2D eigenvalue weighted by Crippen LogP contribution is 1.81. The zero-order valence-electron chi connectivity index (χ0n) is 6.74. The van der Waals surface area contributed by atoms with Crippen molar-refractivity contribution in [2.75, 3.05) is 0 Å². The maximum absolute atomic E-state index is 10.0. The minimum absolute atomic E-state index is 0.563. The van der Waals surface area contributed by atoms with Crippen molar-refractivity contribution in [3.8, 4) is 0 Å². The molecule has 0 bridgehead atoms. The van der Waals surface area contributed by atoms with E-state index in [4.69, 9.17) is 0 Å². The van der Waals surface area contributed by atoms with Gasteiger partial charge in [-0.1, -0.05) is 24.3 Å². The number of fused-ring (bicyclic) bond motifs is 1. The molecule has 1 aromatic carbocycles. The molecule has 0 aliphatic carbocycles. The molecule has 1 aliphatic heterocycles. The van der Waals surface area contributed by atoms with Crippen molar-refractivity contribution in [3.05, 3.63) is 39.6 Å². The standard InChI is InChI=1S/C8H8N4O/c13-12-11-8-7-4-2-1-3-6(7)5-9-10-8/h1-5,9-10H,(H,11,13). The first-order chi connectivity index (χ1) is 6.42. The Morgan fingerprint density at radius 1 is 1.31 bits per heavy atom. The van der Waals surface area contributed by atoms with Gasteiger partial charge in [-0.2, -0.15) is 0 Å². The molecular weight excluding hydrogens is 168 g/mol. The Labute approximate surface area is 74.1 Å². The fraction of sp³-hybridized carbons (Fsp3) is 0. The first kappa shape index (κ1) is 7.60. The summed E-state index contributed by atoms with van der Waals surface area (Å²) < 4.78 is 0. The summed E-state index contributed by atoms with van der Waals surface area (Å²) >= 11 is 0. The van der Waals surface area contributed by atoms with Gasteiger partial charge in [0.05, 0.1) is 5.29 Å². The third-order valence-electron chi connectivity index (χ3n) is 1.81. The maximum atomic E-state index is 10.0. The van der Waals surface area contributed by atoms with Crippen LogP contribution < -0.4 is 26.7 Å². The van der Waals surface area contributed by atoms with Gasteiger partial charge in [-0.05, 0) is 0 Å². The van der Waals surface area contributed by atoms with Gasteiger partial charge in [0, 0.05) is 16.6 Å². The lowest BCUT2D eigenvalue weighted by Gasteiger charge is -2.12. The van der Waals surface area contributed by atoms with Gasteiger partial charge in [-0.15, -0.1) is 4.91 Å². The molecule has 1 aromatic rings. The summed E-state index contributed by atoms with van der Waals surface area (Å²) in [7, 11) is 0. The van der Waals surface area contributed by atoms with Crippen molar-refractivity contribution >= 4 is 12.0 Å². The molecule has 1 heterocycles. The van der Waals surface area contributed by atoms with Crippen LogP contribution in [0.15, 0.2) is 29.6 Å². The van der Waals surface area contributed by atoms with E-state index >= 15 is 0 Å². The van der Waals surface area contributed by atoms with Crippen LogP contribution in [0, 0.1) is 4.91 Å². The predicted molar refractivity (Wildman–Crippen MR) is 48.8 cm³/mol. The SMILES string of the molecule is O=NNC1=c2ccccc2=CNN1. The van der Waals surface area contributed by atoms with Gasteiger partial charge in [0.15, 0.2) is 0 Å². The lowest BCUT2D eigenvalue weighted by molar-refractivity contribution is 0.744. The summed E-state index contributed by atoms with van der Waals surface area (Å²) in [6.07, 6.45) is 1.81. The van der Waals surface area contributed by atoms with E-state index in [0.29, 0.717) is 5.82 Å². The average Bonchev–Trinajstić information content (AvgIpc) is 2.19. The van der Waals surface area contributed by atoms with Crippen LogP contribution in [-0.4, -0.2) is 0 Å². The zero-order chi connectivity index (χ0) is 9.10. The van der Waals surface area contributed by atoms with Gasteiger partial charge in [-0.25, -0.2) is 5.43 Å². The molecule has 66 valence electrons. The van der Waals surface area contributed by atoms with E-state index in [1.165, 1.54) is 0 Å². The molecule has 0 atom stereocenters. The van der Waals surface area contributed by atoms with Gasteiger partial charge in [0.25, 0.3) is 0 Å². The molecular formula is C8H8N4O. The van der Waals surface area contributed by atoms with Crippen molar-refractivity contribution in [1.82, 2.24) is 16.3 Å². The molecule has 0 fully saturated rings. The van der Waals surface area contributed by atoms with Crippen LogP contribution in [0.2, 0.25) is 0 Å². The highest BCUT2D eigenvalue weighted by Gasteiger charge is 2.00. The smallest absolute Gasteiger partial charge is 0.149 e. The van der Waals surface area contributed by atoms with Crippen LogP contribution >= 0.6 is 0 Å². The van der Waals surface area contributed by atoms with Crippen LogP contribution in [0.4, 0.5) is 0 Å². The number of hydrogen-bond donors (Lipinski definition) is 3. The molecule has 13 heavy (non-hydrogen) atoms. The van der Waals surface area contributed by atoms with E-state index in [1.54, 1.807) is 0 Å². The molecule has 0 saturated carbocycles. The normalized spacial score (nSPS) is 13.1. The first-order valence-corrected chi connectivity index (χ1v) is 3.81. The van der Waals surface area contributed by atoms with E-state index in [1.807, 2.05) is 30.5 Å². The highest BCUT2D eigenvalue weighted by atomic mass is 16.3. The van der Waals surface area contributed by atoms with Crippen molar-refractivity contribution in [2.45, 2.75) is 0 Å². The molecule has 0 unspecified atom stereocenters. The molecule has 0 aromatic heterocycles. The van der Waals surface area contributed by atoms with Gasteiger partial charge in [0.1, 0.15) is 5.82 Å². The number of nitrogens with one attached hydrogen (secondary N) is 3. The van der Waals surface area contributed by atoms with Crippen LogP contribution in [0.3, 0.4) is 0 Å². The quantitative estimate of drug-likeness (QED) is 0.394. The van der Waals surface area contributed by atoms with Crippen molar-refractivity contribution in [1.29, 1.82) is 0 Å². The third kappa shape index (κ3) is 1.31. The van der Waals surface area contributed by atoms with Crippen LogP contribution in [0.5, 0.6) is 0 Å². The maximum Gasteiger partial charge on any atom is 0.149 e. The second-order valence-electron chi connectivity index (χ2n) is 2.58. The number of benzene rings is 1. The summed E-state index contributed by atoms with van der Waals surface area (Å²) in [4.78, 5) is 10.0. The van der Waals surface area contributed by atoms with Crippen LogP contribution in [0.25, 0.3) is 12.0 Å². The van der Waals surface area contributed by atoms with Gasteiger partial charge in [-0.3, -0.25) is 5.43 Å². The summed E-state index contributed by atoms with van der Waals surface area (Å²) in [6.45, 7) is 0.